The van der Waals surface area contributed by atoms with Gasteiger partial charge in [0.2, 0.25) is 23.6 Å². The third-order valence-electron chi connectivity index (χ3n) is 12.2. The Labute approximate surface area is 344 Å². The molecule has 0 bridgehead atoms. The summed E-state index contributed by atoms with van der Waals surface area (Å²) in [5.41, 5.74) is 0. The number of amides is 4. The molecule has 0 aromatic rings. The number of hydrogen-bond acceptors (Lipinski definition) is 5. The second-order valence-corrected chi connectivity index (χ2v) is 17.6. The van der Waals surface area contributed by atoms with E-state index in [1.807, 2.05) is 23.9 Å². The van der Waals surface area contributed by atoms with Gasteiger partial charge in [0.15, 0.2) is 0 Å². The van der Waals surface area contributed by atoms with E-state index in [1.165, 1.54) is 103 Å². The summed E-state index contributed by atoms with van der Waals surface area (Å²) in [7, 11) is 3.84. The summed E-state index contributed by atoms with van der Waals surface area (Å²) in [5, 5.41) is 5.83. The van der Waals surface area contributed by atoms with Crippen molar-refractivity contribution in [2.75, 3.05) is 40.3 Å². The molecule has 4 saturated heterocycles. The van der Waals surface area contributed by atoms with Crippen LogP contribution in [0.3, 0.4) is 0 Å². The number of likely N-dealkylation sites (tertiary alicyclic amines) is 2. The molecule has 0 radical (unpaired) electrons. The van der Waals surface area contributed by atoms with Gasteiger partial charge in [-0.25, -0.2) is 0 Å². The van der Waals surface area contributed by atoms with Crippen molar-refractivity contribution in [3.05, 3.63) is 0 Å². The zero-order valence-corrected chi connectivity index (χ0v) is 37.5. The minimum Gasteiger partial charge on any atom is -0.356 e. The highest BCUT2D eigenvalue weighted by molar-refractivity contribution is 5.79. The third kappa shape index (κ3) is 25.0. The van der Waals surface area contributed by atoms with E-state index in [0.717, 1.165) is 108 Å². The van der Waals surface area contributed by atoms with Crippen molar-refractivity contribution in [1.82, 2.24) is 20.4 Å². The molecule has 4 heterocycles. The number of hydrogen-bond donors (Lipinski definition) is 2. The van der Waals surface area contributed by atoms with Crippen LogP contribution in [0.5, 0.6) is 0 Å². The molecule has 4 aliphatic heterocycles. The van der Waals surface area contributed by atoms with Crippen LogP contribution in [0.15, 0.2) is 0 Å². The van der Waals surface area contributed by atoms with E-state index in [2.05, 4.69) is 45.3 Å². The highest BCUT2D eigenvalue weighted by Gasteiger charge is 2.21. The van der Waals surface area contributed by atoms with E-state index in [4.69, 9.17) is 0 Å². The largest absolute Gasteiger partial charge is 0.356 e. The molecule has 5 unspecified atom stereocenters. The Morgan fingerprint density at radius 1 is 0.482 bits per heavy atom. The Balaban J connectivity index is 0.000000350. The van der Waals surface area contributed by atoms with Crippen LogP contribution in [-0.2, 0) is 24.0 Å². The normalized spacial score (nSPS) is 26.0. The zero-order chi connectivity index (χ0) is 41.6. The predicted molar refractivity (Wildman–Crippen MR) is 232 cm³/mol. The number of Topliss-reactive ketones (excluding diaryl/α,β-unsaturated/α-hetero) is 1. The fraction of sp³-hybridized carbons (Fsp3) is 0.894. The summed E-state index contributed by atoms with van der Waals surface area (Å²) in [5.74, 6) is 5.19. The highest BCUT2D eigenvalue weighted by Crippen LogP contribution is 2.25. The van der Waals surface area contributed by atoms with Crippen molar-refractivity contribution >= 4 is 29.4 Å². The van der Waals surface area contributed by atoms with Gasteiger partial charge in [-0.15, -0.1) is 0 Å². The van der Waals surface area contributed by atoms with Gasteiger partial charge < -0.3 is 20.4 Å². The van der Waals surface area contributed by atoms with Crippen LogP contribution in [0.1, 0.15) is 202 Å². The van der Waals surface area contributed by atoms with E-state index in [-0.39, 0.29) is 11.8 Å². The first-order chi connectivity index (χ1) is 26.9. The average Bonchev–Trinajstić information content (AvgIpc) is 3.63. The molecule has 0 aromatic carbocycles. The first-order valence-electron chi connectivity index (χ1n) is 23.5. The molecule has 9 heteroatoms. The number of carbonyl (C=O) groups is 5. The molecule has 5 rings (SSSR count). The summed E-state index contributed by atoms with van der Waals surface area (Å²) in [6.45, 7) is 14.7. The number of ketones is 1. The number of nitrogens with one attached hydrogen (secondary N) is 2. The molecule has 5 fully saturated rings. The van der Waals surface area contributed by atoms with E-state index in [1.54, 1.807) is 0 Å². The minimum absolute atomic E-state index is 0.239. The molecule has 1 aliphatic carbocycles. The van der Waals surface area contributed by atoms with Crippen molar-refractivity contribution in [2.45, 2.75) is 202 Å². The van der Waals surface area contributed by atoms with Crippen molar-refractivity contribution in [3.8, 4) is 0 Å². The highest BCUT2D eigenvalue weighted by atomic mass is 16.2. The van der Waals surface area contributed by atoms with Crippen molar-refractivity contribution in [3.63, 3.8) is 0 Å². The van der Waals surface area contributed by atoms with Gasteiger partial charge in [0.25, 0.3) is 0 Å². The van der Waals surface area contributed by atoms with Crippen molar-refractivity contribution in [2.24, 2.45) is 29.6 Å². The van der Waals surface area contributed by atoms with Gasteiger partial charge in [0.05, 0.1) is 0 Å². The van der Waals surface area contributed by atoms with Gasteiger partial charge in [-0.05, 0) is 107 Å². The molecule has 5 atom stereocenters. The summed E-state index contributed by atoms with van der Waals surface area (Å²) >= 11 is 0. The maximum Gasteiger partial charge on any atom is 0.222 e. The lowest BCUT2D eigenvalue weighted by molar-refractivity contribution is -0.130. The molecule has 5 aliphatic rings. The minimum atomic E-state index is 0.239. The van der Waals surface area contributed by atoms with E-state index < -0.39 is 0 Å². The van der Waals surface area contributed by atoms with Gasteiger partial charge >= 0.3 is 0 Å². The summed E-state index contributed by atoms with van der Waals surface area (Å²) in [6, 6.07) is 0. The van der Waals surface area contributed by atoms with E-state index >= 15 is 0 Å². The van der Waals surface area contributed by atoms with Gasteiger partial charge in [-0.1, -0.05) is 86.0 Å². The summed E-state index contributed by atoms with van der Waals surface area (Å²) < 4.78 is 0. The SMILES string of the molecule is CCCC1CCCC(=O)C1.CCCC1CCCC(=O)N(C)C1.CCCC1CCCC(=O)NC1.CCCC1CCCN(C)C(=O)C1.CCCC1CCCNC(=O)C1. The Morgan fingerprint density at radius 3 is 1.62 bits per heavy atom. The molecular weight excluding hydrogens is 701 g/mol. The molecule has 0 spiro atoms. The average molecular weight is 789 g/mol. The van der Waals surface area contributed by atoms with Gasteiger partial charge in [-0.2, -0.15) is 0 Å². The summed E-state index contributed by atoms with van der Waals surface area (Å²) in [4.78, 5) is 59.4. The number of carbonyl (C=O) groups excluding carboxylic acids is 5. The fourth-order valence-electron chi connectivity index (χ4n) is 8.99. The standard InChI is InChI=1S/2C10H19NO.2C9H17NO.C9H16O/c1-3-5-9-6-4-7-11(2)10(12)8-9;1-3-5-9-6-4-7-10(12)11(2)8-9;1-2-4-8-5-3-6-10-9(11)7-8;1-2-4-8-5-3-6-9(11)10-7-8;1-2-4-8-5-3-6-9(10)7-8/h2*9H,3-8H2,1-2H3;2*8H,2-7H2,1H3,(H,10,11);8H,2-7H2,1H3. The lowest BCUT2D eigenvalue weighted by atomic mass is 9.85. The smallest absolute Gasteiger partial charge is 0.222 e. The molecular formula is C47H88N4O5. The van der Waals surface area contributed by atoms with Crippen LogP contribution in [0.25, 0.3) is 0 Å². The molecule has 9 nitrogen and oxygen atoms in total. The quantitative estimate of drug-likeness (QED) is 0.229. The van der Waals surface area contributed by atoms with E-state index in [9.17, 15) is 24.0 Å². The van der Waals surface area contributed by atoms with Crippen LogP contribution < -0.4 is 10.6 Å². The Morgan fingerprint density at radius 2 is 0.982 bits per heavy atom. The van der Waals surface area contributed by atoms with Crippen LogP contribution >= 0.6 is 0 Å². The first-order valence-corrected chi connectivity index (χ1v) is 23.5. The first kappa shape index (κ1) is 51.6. The Bertz CT molecular complexity index is 1080. The molecule has 56 heavy (non-hydrogen) atoms. The Hall–Kier alpha value is -2.45. The Kier molecular flexibility index (Phi) is 29.9. The number of rotatable bonds is 10. The molecule has 1 saturated carbocycles. The van der Waals surface area contributed by atoms with Gasteiger partial charge in [-0.3, -0.25) is 24.0 Å². The lowest BCUT2D eigenvalue weighted by Crippen LogP contribution is -2.28. The molecule has 326 valence electrons. The lowest BCUT2D eigenvalue weighted by Gasteiger charge is -2.19. The van der Waals surface area contributed by atoms with Gasteiger partial charge in [0, 0.05) is 78.8 Å². The van der Waals surface area contributed by atoms with Crippen LogP contribution in [-0.4, -0.2) is 79.5 Å². The summed E-state index contributed by atoms with van der Waals surface area (Å²) in [6.07, 6.45) is 29.0. The maximum atomic E-state index is 11.4. The van der Waals surface area contributed by atoms with Crippen molar-refractivity contribution in [1.29, 1.82) is 0 Å². The zero-order valence-electron chi connectivity index (χ0n) is 37.5. The molecule has 2 N–H and O–H groups in total. The van der Waals surface area contributed by atoms with Crippen molar-refractivity contribution < 1.29 is 24.0 Å². The van der Waals surface area contributed by atoms with E-state index in [0.29, 0.717) is 29.4 Å². The molecule has 4 amide bonds. The topological polar surface area (TPSA) is 116 Å². The fourth-order valence-corrected chi connectivity index (χ4v) is 8.99. The van der Waals surface area contributed by atoms with Crippen LogP contribution in [0.2, 0.25) is 0 Å². The second kappa shape index (κ2) is 32.5. The van der Waals surface area contributed by atoms with Gasteiger partial charge in [0.1, 0.15) is 5.78 Å². The predicted octanol–water partition coefficient (Wildman–Crippen LogP) is 10.0. The van der Waals surface area contributed by atoms with Crippen LogP contribution in [0.4, 0.5) is 0 Å². The third-order valence-corrected chi connectivity index (χ3v) is 12.2. The van der Waals surface area contributed by atoms with Crippen LogP contribution in [0, 0.1) is 29.6 Å². The second-order valence-electron chi connectivity index (χ2n) is 17.6. The maximum absolute atomic E-state index is 11.4. The molecule has 0 aromatic heterocycles. The number of nitrogens with zero attached hydrogens (tertiary/aromatic N) is 2. The monoisotopic (exact) mass is 789 g/mol.